The van der Waals surface area contributed by atoms with Crippen LogP contribution in [0.5, 0.6) is 0 Å². The number of rotatable bonds is 4. The number of hydrazone groups is 1. The van der Waals surface area contributed by atoms with Crippen molar-refractivity contribution in [3.05, 3.63) is 64.5 Å². The Labute approximate surface area is 129 Å². The molecular formula is C16H17FN2O2S. The molecule has 0 radical (unpaired) electrons. The minimum Gasteiger partial charge on any atom is -0.207 e. The number of hydrogen-bond donors (Lipinski definition) is 1. The predicted octanol–water partition coefficient (Wildman–Crippen LogP) is 3.06. The molecule has 1 N–H and O–H groups in total. The molecule has 2 rings (SSSR count). The van der Waals surface area contributed by atoms with E-state index in [1.807, 2.05) is 19.1 Å². The first kappa shape index (κ1) is 16.2. The van der Waals surface area contributed by atoms with E-state index in [9.17, 15) is 12.8 Å². The fourth-order valence-electron chi connectivity index (χ4n) is 2.36. The number of aryl methyl sites for hydroxylation is 3. The molecule has 0 unspecified atom stereocenters. The van der Waals surface area contributed by atoms with Crippen LogP contribution in [0.2, 0.25) is 0 Å². The second kappa shape index (κ2) is 6.27. The molecule has 0 saturated heterocycles. The van der Waals surface area contributed by atoms with Crippen LogP contribution in [0.15, 0.2) is 46.4 Å². The molecule has 22 heavy (non-hydrogen) atoms. The van der Waals surface area contributed by atoms with Crippen LogP contribution in [0.4, 0.5) is 4.39 Å². The van der Waals surface area contributed by atoms with Crippen LogP contribution in [0.1, 0.15) is 22.3 Å². The van der Waals surface area contributed by atoms with Crippen molar-refractivity contribution in [1.29, 1.82) is 0 Å². The molecule has 0 atom stereocenters. The molecule has 0 aliphatic carbocycles. The summed E-state index contributed by atoms with van der Waals surface area (Å²) in [7, 11) is -3.74. The zero-order chi connectivity index (χ0) is 16.3. The number of nitrogens with one attached hydrogen (secondary N) is 1. The maximum Gasteiger partial charge on any atom is 0.277 e. The Bertz CT molecular complexity index is 790. The van der Waals surface area contributed by atoms with Crippen LogP contribution < -0.4 is 4.83 Å². The molecule has 0 fully saturated rings. The summed E-state index contributed by atoms with van der Waals surface area (Å²) in [5.74, 6) is -0.358. The van der Waals surface area contributed by atoms with E-state index in [0.29, 0.717) is 16.7 Å². The lowest BCUT2D eigenvalue weighted by molar-refractivity contribution is 0.583. The van der Waals surface area contributed by atoms with Crippen molar-refractivity contribution in [2.24, 2.45) is 5.10 Å². The Kier molecular flexibility index (Phi) is 4.61. The summed E-state index contributed by atoms with van der Waals surface area (Å²) in [6.45, 7) is 5.41. The zero-order valence-corrected chi connectivity index (χ0v) is 13.4. The van der Waals surface area contributed by atoms with Crippen molar-refractivity contribution in [1.82, 2.24) is 4.83 Å². The second-order valence-corrected chi connectivity index (χ2v) is 6.73. The zero-order valence-electron chi connectivity index (χ0n) is 12.6. The van der Waals surface area contributed by atoms with Crippen LogP contribution >= 0.6 is 0 Å². The van der Waals surface area contributed by atoms with Gasteiger partial charge in [-0.3, -0.25) is 0 Å². The highest BCUT2D eigenvalue weighted by atomic mass is 32.2. The molecular weight excluding hydrogens is 303 g/mol. The summed E-state index contributed by atoms with van der Waals surface area (Å²) < 4.78 is 37.5. The fourth-order valence-corrected chi connectivity index (χ4v) is 3.60. The predicted molar refractivity (Wildman–Crippen MR) is 85.0 cm³/mol. The molecule has 0 saturated carbocycles. The molecule has 0 bridgehead atoms. The fraction of sp³-hybridized carbons (Fsp3) is 0.188. The Morgan fingerprint density at radius 1 is 1.05 bits per heavy atom. The number of sulfonamides is 1. The summed E-state index contributed by atoms with van der Waals surface area (Å²) in [5, 5.41) is 3.74. The van der Waals surface area contributed by atoms with Gasteiger partial charge >= 0.3 is 0 Å². The molecule has 0 aliphatic rings. The highest BCUT2D eigenvalue weighted by Gasteiger charge is 2.18. The normalized spacial score (nSPS) is 11.8. The minimum atomic E-state index is -3.74. The van der Waals surface area contributed by atoms with Crippen LogP contribution in [-0.2, 0) is 10.0 Å². The highest BCUT2D eigenvalue weighted by Crippen LogP contribution is 2.21. The van der Waals surface area contributed by atoms with E-state index < -0.39 is 10.0 Å². The van der Waals surface area contributed by atoms with Gasteiger partial charge in [-0.2, -0.15) is 13.5 Å². The van der Waals surface area contributed by atoms with Gasteiger partial charge in [0.05, 0.1) is 11.1 Å². The van der Waals surface area contributed by atoms with Crippen molar-refractivity contribution < 1.29 is 12.8 Å². The third-order valence-corrected chi connectivity index (χ3v) is 4.66. The minimum absolute atomic E-state index is 0.231. The topological polar surface area (TPSA) is 58.5 Å². The molecule has 0 aromatic heterocycles. The number of benzene rings is 2. The van der Waals surface area contributed by atoms with Crippen molar-refractivity contribution in [3.63, 3.8) is 0 Å². The first-order valence-corrected chi connectivity index (χ1v) is 8.16. The first-order chi connectivity index (χ1) is 10.3. The van der Waals surface area contributed by atoms with Crippen LogP contribution in [0.25, 0.3) is 0 Å². The molecule has 0 aliphatic heterocycles. The molecule has 2 aromatic carbocycles. The van der Waals surface area contributed by atoms with Gasteiger partial charge in [0.2, 0.25) is 0 Å². The van der Waals surface area contributed by atoms with Crippen LogP contribution in [0.3, 0.4) is 0 Å². The summed E-state index contributed by atoms with van der Waals surface area (Å²) in [5.41, 5.74) is 2.94. The van der Waals surface area contributed by atoms with Crippen LogP contribution in [0, 0.1) is 26.6 Å². The largest absolute Gasteiger partial charge is 0.277 e. The Morgan fingerprint density at radius 3 is 2.14 bits per heavy atom. The summed E-state index contributed by atoms with van der Waals surface area (Å²) >= 11 is 0. The van der Waals surface area contributed by atoms with Gasteiger partial charge in [0.15, 0.2) is 0 Å². The Morgan fingerprint density at radius 2 is 1.59 bits per heavy atom. The molecule has 0 heterocycles. The first-order valence-electron chi connectivity index (χ1n) is 6.68. The molecule has 4 nitrogen and oxygen atoms in total. The monoisotopic (exact) mass is 320 g/mol. The van der Waals surface area contributed by atoms with Gasteiger partial charge in [-0.05, 0) is 49.6 Å². The second-order valence-electron chi connectivity index (χ2n) is 5.13. The standard InChI is InChI=1S/C16H17FN2O2S/c1-11-8-12(2)16(13(3)9-11)22(20,21)19-18-10-14-4-6-15(17)7-5-14/h4-10,19H,1-3H3/b18-10+. The van der Waals surface area contributed by atoms with Crippen molar-refractivity contribution in [2.75, 3.05) is 0 Å². The highest BCUT2D eigenvalue weighted by molar-refractivity contribution is 7.89. The SMILES string of the molecule is Cc1cc(C)c(S(=O)(=O)N/N=C/c2ccc(F)cc2)c(C)c1. The van der Waals surface area contributed by atoms with Gasteiger partial charge in [0, 0.05) is 0 Å². The van der Waals surface area contributed by atoms with Crippen molar-refractivity contribution in [3.8, 4) is 0 Å². The smallest absolute Gasteiger partial charge is 0.207 e. The summed E-state index contributed by atoms with van der Waals surface area (Å²) in [6.07, 6.45) is 1.33. The average Bonchev–Trinajstić information content (AvgIpc) is 2.39. The van der Waals surface area contributed by atoms with E-state index in [1.54, 1.807) is 13.8 Å². The Balaban J connectivity index is 2.23. The van der Waals surface area contributed by atoms with Gasteiger partial charge in [0.1, 0.15) is 5.82 Å². The lowest BCUT2D eigenvalue weighted by Gasteiger charge is -2.11. The van der Waals surface area contributed by atoms with Gasteiger partial charge in [-0.1, -0.05) is 29.8 Å². The van der Waals surface area contributed by atoms with E-state index >= 15 is 0 Å². The molecule has 0 spiro atoms. The molecule has 2 aromatic rings. The number of nitrogens with zero attached hydrogens (tertiary/aromatic N) is 1. The molecule has 116 valence electrons. The lowest BCUT2D eigenvalue weighted by Crippen LogP contribution is -2.20. The maximum atomic E-state index is 12.8. The van der Waals surface area contributed by atoms with Crippen molar-refractivity contribution >= 4 is 16.2 Å². The quantitative estimate of drug-likeness (QED) is 0.695. The number of hydrogen-bond acceptors (Lipinski definition) is 3. The molecule has 6 heteroatoms. The summed E-state index contributed by atoms with van der Waals surface area (Å²) in [4.78, 5) is 2.42. The van der Waals surface area contributed by atoms with Gasteiger partial charge < -0.3 is 0 Å². The van der Waals surface area contributed by atoms with Crippen molar-refractivity contribution in [2.45, 2.75) is 25.7 Å². The van der Waals surface area contributed by atoms with Gasteiger partial charge in [0.25, 0.3) is 10.0 Å². The van der Waals surface area contributed by atoms with Gasteiger partial charge in [-0.15, -0.1) is 0 Å². The third-order valence-electron chi connectivity index (χ3n) is 3.13. The van der Waals surface area contributed by atoms with Crippen LogP contribution in [-0.4, -0.2) is 14.6 Å². The van der Waals surface area contributed by atoms with E-state index in [2.05, 4.69) is 9.93 Å². The van der Waals surface area contributed by atoms with E-state index in [0.717, 1.165) is 5.56 Å². The van der Waals surface area contributed by atoms with E-state index in [1.165, 1.54) is 30.5 Å². The lowest BCUT2D eigenvalue weighted by atomic mass is 10.1. The van der Waals surface area contributed by atoms with E-state index in [4.69, 9.17) is 0 Å². The average molecular weight is 320 g/mol. The third kappa shape index (κ3) is 3.71. The van der Waals surface area contributed by atoms with Gasteiger partial charge in [-0.25, -0.2) is 9.22 Å². The number of halogens is 1. The molecule has 0 amide bonds. The Hall–Kier alpha value is -2.21. The van der Waals surface area contributed by atoms with E-state index in [-0.39, 0.29) is 10.7 Å². The maximum absolute atomic E-state index is 12.8. The summed E-state index contributed by atoms with van der Waals surface area (Å²) in [6, 6.07) is 9.20.